The Balaban J connectivity index is 3.30. The highest BCUT2D eigenvalue weighted by Crippen LogP contribution is 2.12. The number of hydrogen-bond acceptors (Lipinski definition) is 3. The van der Waals surface area contributed by atoms with Crippen LogP contribution in [0.4, 0.5) is 4.39 Å². The largest absolute Gasteiger partial charge is 0.469 e. The van der Waals surface area contributed by atoms with Crippen LogP contribution in [0.1, 0.15) is 13.9 Å². The minimum Gasteiger partial charge on any atom is -0.469 e. The fourth-order valence-electron chi connectivity index (χ4n) is 1.00. The molecule has 0 aromatic heterocycles. The van der Waals surface area contributed by atoms with Crippen LogP contribution in [-0.4, -0.2) is 13.1 Å². The van der Waals surface area contributed by atoms with Crippen LogP contribution in [0.5, 0.6) is 0 Å². The van der Waals surface area contributed by atoms with Gasteiger partial charge in [-0.3, -0.25) is 4.79 Å². The van der Waals surface area contributed by atoms with E-state index in [2.05, 4.69) is 4.74 Å². The molecule has 0 aliphatic carbocycles. The number of carbonyl (C=O) groups is 1. The average molecular weight is 199 g/mol. The molecule has 0 spiro atoms. The quantitative estimate of drug-likeness (QED) is 0.739. The first-order valence-corrected chi connectivity index (χ1v) is 4.01. The lowest BCUT2D eigenvalue weighted by atomic mass is 10.0. The Bertz CT molecular complexity index is 410. The van der Waals surface area contributed by atoms with Crippen molar-refractivity contribution in [3.05, 3.63) is 35.1 Å². The monoisotopic (exact) mass is 199 g/mol. The summed E-state index contributed by atoms with van der Waals surface area (Å²) in [6, 6.07) is 3.48. The summed E-state index contributed by atoms with van der Waals surface area (Å²) in [5, 5.41) is 0. The molecule has 1 aromatic rings. The summed E-state index contributed by atoms with van der Waals surface area (Å²) in [4.78, 5) is 11.3. The SMILES string of the molecule is [2H]C([2H])(C(=O)OC)c1cc(F)ccc1CN. The van der Waals surface area contributed by atoms with Gasteiger partial charge in [-0.15, -0.1) is 0 Å². The molecule has 0 saturated heterocycles. The molecule has 0 saturated carbocycles. The molecule has 0 bridgehead atoms. The summed E-state index contributed by atoms with van der Waals surface area (Å²) >= 11 is 0. The van der Waals surface area contributed by atoms with Crippen molar-refractivity contribution in [2.24, 2.45) is 5.73 Å². The van der Waals surface area contributed by atoms with Gasteiger partial charge in [0.15, 0.2) is 0 Å². The summed E-state index contributed by atoms with van der Waals surface area (Å²) in [6.45, 7) is 0.0200. The number of esters is 1. The molecule has 2 N–H and O–H groups in total. The van der Waals surface area contributed by atoms with Crippen molar-refractivity contribution in [3.63, 3.8) is 0 Å². The van der Waals surface area contributed by atoms with Crippen LogP contribution in [0.15, 0.2) is 18.2 Å². The van der Waals surface area contributed by atoms with Gasteiger partial charge in [-0.2, -0.15) is 0 Å². The maximum Gasteiger partial charge on any atom is 0.309 e. The first kappa shape index (κ1) is 7.94. The van der Waals surface area contributed by atoms with E-state index in [1.54, 1.807) is 0 Å². The average Bonchev–Trinajstić information content (AvgIpc) is 2.27. The zero-order valence-corrected chi connectivity index (χ0v) is 7.71. The number of nitrogens with two attached hydrogens (primary N) is 1. The molecule has 0 radical (unpaired) electrons. The van der Waals surface area contributed by atoms with Gasteiger partial charge in [-0.05, 0) is 23.3 Å². The molecular formula is C10H12FNO2. The minimum atomic E-state index is -2.40. The van der Waals surface area contributed by atoms with Gasteiger partial charge in [0.05, 0.1) is 13.5 Å². The van der Waals surface area contributed by atoms with E-state index >= 15 is 0 Å². The molecule has 4 heteroatoms. The van der Waals surface area contributed by atoms with Gasteiger partial charge in [-0.1, -0.05) is 6.07 Å². The van der Waals surface area contributed by atoms with Gasteiger partial charge in [0, 0.05) is 9.29 Å². The van der Waals surface area contributed by atoms with Crippen molar-refractivity contribution < 1.29 is 16.7 Å². The smallest absolute Gasteiger partial charge is 0.309 e. The third kappa shape index (κ3) is 2.53. The molecule has 14 heavy (non-hydrogen) atoms. The van der Waals surface area contributed by atoms with Gasteiger partial charge < -0.3 is 10.5 Å². The maximum atomic E-state index is 13.0. The highest BCUT2D eigenvalue weighted by molar-refractivity contribution is 5.72. The molecule has 0 unspecified atom stereocenters. The fourth-order valence-corrected chi connectivity index (χ4v) is 1.00. The van der Waals surface area contributed by atoms with Gasteiger partial charge in [0.25, 0.3) is 0 Å². The predicted octanol–water partition coefficient (Wildman–Crippen LogP) is 1.000. The lowest BCUT2D eigenvalue weighted by molar-refractivity contribution is -0.139. The van der Waals surface area contributed by atoms with Gasteiger partial charge in [-0.25, -0.2) is 4.39 Å². The van der Waals surface area contributed by atoms with Crippen LogP contribution in [-0.2, 0) is 22.4 Å². The summed E-state index contributed by atoms with van der Waals surface area (Å²) in [7, 11) is 1.07. The first-order chi connectivity index (χ1) is 7.43. The topological polar surface area (TPSA) is 52.3 Å². The van der Waals surface area contributed by atoms with E-state index in [-0.39, 0.29) is 12.1 Å². The lowest BCUT2D eigenvalue weighted by Gasteiger charge is -2.06. The molecule has 0 atom stereocenters. The molecule has 0 aliphatic rings. The molecule has 3 nitrogen and oxygen atoms in total. The standard InChI is InChI=1S/C10H12FNO2/c1-14-10(13)5-8-4-9(11)3-2-7(8)6-12/h2-4H,5-6,12H2,1H3/i5D2. The van der Waals surface area contributed by atoms with Crippen molar-refractivity contribution >= 4 is 5.97 Å². The summed E-state index contributed by atoms with van der Waals surface area (Å²) < 4.78 is 32.5. The van der Waals surface area contributed by atoms with E-state index in [0.29, 0.717) is 5.56 Å². The zero-order chi connectivity index (χ0) is 12.3. The normalized spacial score (nSPS) is 13.1. The minimum absolute atomic E-state index is 0.0200. The third-order valence-electron chi connectivity index (χ3n) is 1.71. The second-order valence-electron chi connectivity index (χ2n) is 2.62. The van der Waals surface area contributed by atoms with Gasteiger partial charge in [0.1, 0.15) is 5.82 Å². The molecule has 0 amide bonds. The Morgan fingerprint density at radius 2 is 2.36 bits per heavy atom. The number of carbonyl (C=O) groups excluding carboxylic acids is 1. The van der Waals surface area contributed by atoms with Crippen molar-refractivity contribution in [2.45, 2.75) is 12.9 Å². The van der Waals surface area contributed by atoms with Crippen LogP contribution in [0, 0.1) is 5.82 Å². The number of methoxy groups -OCH3 is 1. The van der Waals surface area contributed by atoms with Crippen molar-refractivity contribution in [1.29, 1.82) is 0 Å². The number of hydrogen-bond donors (Lipinski definition) is 1. The van der Waals surface area contributed by atoms with E-state index in [0.717, 1.165) is 13.2 Å². The second kappa shape index (κ2) is 4.72. The fraction of sp³-hybridized carbons (Fsp3) is 0.300. The van der Waals surface area contributed by atoms with Crippen LogP contribution in [0.3, 0.4) is 0 Å². The Labute approximate surface area is 84.5 Å². The highest BCUT2D eigenvalue weighted by atomic mass is 19.1. The molecule has 0 heterocycles. The number of rotatable bonds is 3. The Morgan fingerprint density at radius 3 is 2.93 bits per heavy atom. The number of ether oxygens (including phenoxy) is 1. The molecule has 0 fully saturated rings. The second-order valence-corrected chi connectivity index (χ2v) is 2.62. The lowest BCUT2D eigenvalue weighted by Crippen LogP contribution is -2.09. The molecular weight excluding hydrogens is 185 g/mol. The van der Waals surface area contributed by atoms with Crippen LogP contribution in [0.25, 0.3) is 0 Å². The highest BCUT2D eigenvalue weighted by Gasteiger charge is 2.08. The van der Waals surface area contributed by atoms with Gasteiger partial charge in [0.2, 0.25) is 0 Å². The number of halogens is 1. The Kier molecular flexibility index (Phi) is 2.67. The first-order valence-electron chi connectivity index (χ1n) is 5.01. The van der Waals surface area contributed by atoms with E-state index in [4.69, 9.17) is 8.48 Å². The van der Waals surface area contributed by atoms with E-state index < -0.39 is 18.2 Å². The molecule has 76 valence electrons. The molecule has 1 aromatic carbocycles. The van der Waals surface area contributed by atoms with Crippen LogP contribution >= 0.6 is 0 Å². The van der Waals surface area contributed by atoms with E-state index in [9.17, 15) is 9.18 Å². The summed E-state index contributed by atoms with van der Waals surface area (Å²) in [5.41, 5.74) is 5.67. The van der Waals surface area contributed by atoms with Crippen molar-refractivity contribution in [3.8, 4) is 0 Å². The number of benzene rings is 1. The van der Waals surface area contributed by atoms with Crippen LogP contribution in [0.2, 0.25) is 0 Å². The van der Waals surface area contributed by atoms with Crippen molar-refractivity contribution in [1.82, 2.24) is 0 Å². The van der Waals surface area contributed by atoms with E-state index in [1.807, 2.05) is 0 Å². The third-order valence-corrected chi connectivity index (χ3v) is 1.71. The van der Waals surface area contributed by atoms with Gasteiger partial charge >= 0.3 is 5.97 Å². The summed E-state index contributed by atoms with van der Waals surface area (Å²) in [5.74, 6) is -1.70. The van der Waals surface area contributed by atoms with Crippen LogP contribution < -0.4 is 5.73 Å². The zero-order valence-electron chi connectivity index (χ0n) is 9.71. The Morgan fingerprint density at radius 1 is 1.64 bits per heavy atom. The van der Waals surface area contributed by atoms with E-state index in [1.165, 1.54) is 12.1 Å². The Hall–Kier alpha value is -1.42. The molecule has 1 rings (SSSR count). The maximum absolute atomic E-state index is 13.0. The van der Waals surface area contributed by atoms with Crippen molar-refractivity contribution in [2.75, 3.05) is 7.11 Å². The summed E-state index contributed by atoms with van der Waals surface area (Å²) in [6.07, 6.45) is -2.40. The molecule has 0 aliphatic heterocycles. The predicted molar refractivity (Wildman–Crippen MR) is 50.0 cm³/mol.